The van der Waals surface area contributed by atoms with Gasteiger partial charge in [0.2, 0.25) is 0 Å². The molecule has 1 fully saturated rings. The Kier molecular flexibility index (Phi) is 10.2. The Morgan fingerprint density at radius 3 is 2.42 bits per heavy atom. The number of alkyl carbamates (subject to hydrolysis) is 1. The summed E-state index contributed by atoms with van der Waals surface area (Å²) in [5, 5.41) is 2.97. The van der Waals surface area contributed by atoms with Crippen molar-refractivity contribution >= 4 is 6.09 Å². The van der Waals surface area contributed by atoms with Crippen LogP contribution in [0, 0.1) is 5.92 Å². The SMILES string of the molecule is C=C[C@H](OC(OC)OCC)[C@H](CC1CCCCC1)NC(=O)OC(C)(C)C. The van der Waals surface area contributed by atoms with Crippen LogP contribution in [0.1, 0.15) is 66.2 Å². The number of nitrogens with one attached hydrogen (secondary N) is 1. The first-order chi connectivity index (χ1) is 12.3. The van der Waals surface area contributed by atoms with E-state index in [-0.39, 0.29) is 6.04 Å². The Hall–Kier alpha value is -1.11. The lowest BCUT2D eigenvalue weighted by molar-refractivity contribution is -0.289. The van der Waals surface area contributed by atoms with Crippen molar-refractivity contribution in [2.45, 2.75) is 90.4 Å². The Balaban J connectivity index is 2.80. The summed E-state index contributed by atoms with van der Waals surface area (Å²) < 4.78 is 21.9. The number of carbonyl (C=O) groups excluding carboxylic acids is 1. The van der Waals surface area contributed by atoms with Gasteiger partial charge in [-0.1, -0.05) is 38.2 Å². The quantitative estimate of drug-likeness (QED) is 0.456. The molecule has 0 aromatic carbocycles. The first-order valence-electron chi connectivity index (χ1n) is 9.71. The molecule has 6 nitrogen and oxygen atoms in total. The van der Waals surface area contributed by atoms with Gasteiger partial charge in [0.05, 0.1) is 6.04 Å². The van der Waals surface area contributed by atoms with Gasteiger partial charge in [-0.3, -0.25) is 0 Å². The molecule has 0 heterocycles. The summed E-state index contributed by atoms with van der Waals surface area (Å²) in [6.45, 7) is 11.0. The number of amides is 1. The zero-order valence-electron chi connectivity index (χ0n) is 17.1. The van der Waals surface area contributed by atoms with Crippen LogP contribution in [0.5, 0.6) is 0 Å². The van der Waals surface area contributed by atoms with Crippen LogP contribution >= 0.6 is 0 Å². The second kappa shape index (κ2) is 11.6. The molecule has 3 atom stereocenters. The first-order valence-corrected chi connectivity index (χ1v) is 9.71. The molecule has 0 aromatic heterocycles. The summed E-state index contributed by atoms with van der Waals surface area (Å²) >= 11 is 0. The predicted octanol–water partition coefficient (Wildman–Crippen LogP) is 4.39. The topological polar surface area (TPSA) is 66.0 Å². The summed E-state index contributed by atoms with van der Waals surface area (Å²) in [6.07, 6.45) is 7.75. The molecule has 1 N–H and O–H groups in total. The summed E-state index contributed by atoms with van der Waals surface area (Å²) in [5.74, 6) is 0.558. The van der Waals surface area contributed by atoms with Gasteiger partial charge in [0.25, 0.3) is 6.48 Å². The van der Waals surface area contributed by atoms with Crippen molar-refractivity contribution in [3.05, 3.63) is 12.7 Å². The molecule has 1 rings (SSSR count). The second-order valence-corrected chi connectivity index (χ2v) is 7.81. The van der Waals surface area contributed by atoms with E-state index in [1.54, 1.807) is 6.08 Å². The van der Waals surface area contributed by atoms with Gasteiger partial charge in [0, 0.05) is 13.7 Å². The van der Waals surface area contributed by atoms with Gasteiger partial charge in [-0.05, 0) is 40.0 Å². The van der Waals surface area contributed by atoms with Crippen LogP contribution in [0.4, 0.5) is 4.79 Å². The van der Waals surface area contributed by atoms with E-state index in [9.17, 15) is 4.79 Å². The fourth-order valence-corrected chi connectivity index (χ4v) is 3.26. The minimum absolute atomic E-state index is 0.247. The highest BCUT2D eigenvalue weighted by Gasteiger charge is 2.30. The van der Waals surface area contributed by atoms with Crippen LogP contribution in [0.15, 0.2) is 12.7 Å². The van der Waals surface area contributed by atoms with Crippen molar-refractivity contribution in [3.63, 3.8) is 0 Å². The summed E-state index contributed by atoms with van der Waals surface area (Å²) in [4.78, 5) is 12.3. The van der Waals surface area contributed by atoms with E-state index in [0.717, 1.165) is 6.42 Å². The molecular formula is C20H37NO5. The highest BCUT2D eigenvalue weighted by Crippen LogP contribution is 2.29. The minimum atomic E-state index is -0.794. The van der Waals surface area contributed by atoms with Crippen molar-refractivity contribution in [1.29, 1.82) is 0 Å². The molecule has 0 bridgehead atoms. The monoisotopic (exact) mass is 371 g/mol. The van der Waals surface area contributed by atoms with E-state index in [0.29, 0.717) is 12.5 Å². The van der Waals surface area contributed by atoms with E-state index in [2.05, 4.69) is 11.9 Å². The predicted molar refractivity (Wildman–Crippen MR) is 102 cm³/mol. The molecule has 0 radical (unpaired) electrons. The number of ether oxygens (including phenoxy) is 4. The minimum Gasteiger partial charge on any atom is -0.444 e. The Morgan fingerprint density at radius 2 is 1.92 bits per heavy atom. The average Bonchev–Trinajstić information content (AvgIpc) is 2.57. The maximum atomic E-state index is 12.3. The summed E-state index contributed by atoms with van der Waals surface area (Å²) in [5.41, 5.74) is -0.551. The number of hydrogen-bond donors (Lipinski definition) is 1. The Morgan fingerprint density at radius 1 is 1.27 bits per heavy atom. The molecule has 1 unspecified atom stereocenters. The molecule has 1 saturated carbocycles. The summed E-state index contributed by atoms with van der Waals surface area (Å²) in [6, 6.07) is -0.247. The van der Waals surface area contributed by atoms with Crippen LogP contribution in [0.3, 0.4) is 0 Å². The highest BCUT2D eigenvalue weighted by molar-refractivity contribution is 5.68. The van der Waals surface area contributed by atoms with Crippen molar-refractivity contribution < 1.29 is 23.7 Å². The summed E-state index contributed by atoms with van der Waals surface area (Å²) in [7, 11) is 1.53. The van der Waals surface area contributed by atoms with Crippen LogP contribution < -0.4 is 5.32 Å². The van der Waals surface area contributed by atoms with Crippen molar-refractivity contribution in [2.24, 2.45) is 5.92 Å². The van der Waals surface area contributed by atoms with Gasteiger partial charge in [0.1, 0.15) is 11.7 Å². The van der Waals surface area contributed by atoms with Crippen molar-refractivity contribution in [3.8, 4) is 0 Å². The molecule has 6 heteroatoms. The standard InChI is InChI=1S/C20H37NO5/c1-7-17(25-19(23-6)24-8-2)16(14-15-12-10-9-11-13-15)21-18(22)26-20(3,4)5/h7,15-17,19H,1,8-14H2,2-6H3,(H,21,22)/t16-,17-,19?/m0/s1. The van der Waals surface area contributed by atoms with Crippen LogP contribution in [-0.4, -0.2) is 44.0 Å². The average molecular weight is 372 g/mol. The van der Waals surface area contributed by atoms with Gasteiger partial charge in [0.15, 0.2) is 0 Å². The molecule has 1 amide bonds. The third-order valence-corrected chi connectivity index (χ3v) is 4.41. The molecule has 0 saturated heterocycles. The molecule has 26 heavy (non-hydrogen) atoms. The molecule has 1 aliphatic carbocycles. The maximum absolute atomic E-state index is 12.3. The van der Waals surface area contributed by atoms with E-state index in [1.165, 1.54) is 39.2 Å². The third kappa shape index (κ3) is 9.01. The number of methoxy groups -OCH3 is 1. The van der Waals surface area contributed by atoms with Gasteiger partial charge >= 0.3 is 6.09 Å². The first kappa shape index (κ1) is 22.9. The zero-order chi connectivity index (χ0) is 19.6. The van der Waals surface area contributed by atoms with E-state index < -0.39 is 24.3 Å². The molecule has 0 spiro atoms. The highest BCUT2D eigenvalue weighted by atomic mass is 16.8. The largest absolute Gasteiger partial charge is 0.444 e. The molecule has 152 valence electrons. The van der Waals surface area contributed by atoms with Crippen LogP contribution in [0.25, 0.3) is 0 Å². The lowest BCUT2D eigenvalue weighted by Gasteiger charge is -2.33. The Bertz CT molecular complexity index is 415. The smallest absolute Gasteiger partial charge is 0.407 e. The molecular weight excluding hydrogens is 334 g/mol. The van der Waals surface area contributed by atoms with Crippen molar-refractivity contribution in [2.75, 3.05) is 13.7 Å². The van der Waals surface area contributed by atoms with Gasteiger partial charge < -0.3 is 24.3 Å². The maximum Gasteiger partial charge on any atom is 0.407 e. The van der Waals surface area contributed by atoms with E-state index in [4.69, 9.17) is 18.9 Å². The fraction of sp³-hybridized carbons (Fsp3) is 0.850. The van der Waals surface area contributed by atoms with Crippen molar-refractivity contribution in [1.82, 2.24) is 5.32 Å². The van der Waals surface area contributed by atoms with Crippen LogP contribution in [-0.2, 0) is 18.9 Å². The number of rotatable bonds is 10. The van der Waals surface area contributed by atoms with Gasteiger partial charge in [-0.25, -0.2) is 4.79 Å². The number of carbonyl (C=O) groups is 1. The third-order valence-electron chi connectivity index (χ3n) is 4.41. The van der Waals surface area contributed by atoms with Gasteiger partial charge in [-0.15, -0.1) is 6.58 Å². The second-order valence-electron chi connectivity index (χ2n) is 7.81. The lowest BCUT2D eigenvalue weighted by atomic mass is 9.83. The molecule has 0 aromatic rings. The lowest BCUT2D eigenvalue weighted by Crippen LogP contribution is -2.48. The normalized spacial score (nSPS) is 19.4. The van der Waals surface area contributed by atoms with E-state index >= 15 is 0 Å². The molecule has 1 aliphatic rings. The number of hydrogen-bond acceptors (Lipinski definition) is 5. The molecule has 0 aliphatic heterocycles. The van der Waals surface area contributed by atoms with Gasteiger partial charge in [-0.2, -0.15) is 0 Å². The Labute approximate surface area is 158 Å². The zero-order valence-corrected chi connectivity index (χ0v) is 17.1. The van der Waals surface area contributed by atoms with E-state index in [1.807, 2.05) is 27.7 Å². The van der Waals surface area contributed by atoms with Crippen LogP contribution in [0.2, 0.25) is 0 Å². The fourth-order valence-electron chi connectivity index (χ4n) is 3.26.